The van der Waals surface area contributed by atoms with Gasteiger partial charge in [-0.2, -0.15) is 0 Å². The highest BCUT2D eigenvalue weighted by atomic mass is 16.6. The minimum atomic E-state index is -0.621. The number of rotatable bonds is 10. The molecule has 8 heteroatoms. The van der Waals surface area contributed by atoms with E-state index in [9.17, 15) is 9.59 Å². The summed E-state index contributed by atoms with van der Waals surface area (Å²) >= 11 is 0. The number of hydrogen-bond donors (Lipinski definition) is 0. The van der Waals surface area contributed by atoms with Gasteiger partial charge in [-0.3, -0.25) is 4.79 Å². The second-order valence-corrected chi connectivity index (χ2v) is 9.10. The van der Waals surface area contributed by atoms with Gasteiger partial charge in [-0.1, -0.05) is 42.5 Å². The maximum atomic E-state index is 13.7. The molecule has 0 aliphatic heterocycles. The lowest BCUT2D eigenvalue weighted by atomic mass is 10.1. The van der Waals surface area contributed by atoms with E-state index in [-0.39, 0.29) is 17.1 Å². The lowest BCUT2D eigenvalue weighted by molar-refractivity contribution is 0.0731. The summed E-state index contributed by atoms with van der Waals surface area (Å²) in [6, 6.07) is 24.6. The van der Waals surface area contributed by atoms with Crippen LogP contribution >= 0.6 is 0 Å². The second-order valence-electron chi connectivity index (χ2n) is 9.10. The van der Waals surface area contributed by atoms with Crippen molar-refractivity contribution in [3.05, 3.63) is 108 Å². The fraction of sp³-hybridized carbons (Fsp3) is 0.118. The molecule has 1 heterocycles. The lowest BCUT2D eigenvalue weighted by Crippen LogP contribution is -2.10. The highest BCUT2D eigenvalue weighted by Gasteiger charge is 2.25. The molecule has 42 heavy (non-hydrogen) atoms. The number of ketones is 1. The average molecular weight is 565 g/mol. The van der Waals surface area contributed by atoms with E-state index in [2.05, 4.69) is 0 Å². The van der Waals surface area contributed by atoms with Crippen molar-refractivity contribution in [3.63, 3.8) is 0 Å². The van der Waals surface area contributed by atoms with Crippen LogP contribution in [0.2, 0.25) is 0 Å². The van der Waals surface area contributed by atoms with Crippen molar-refractivity contribution in [2.75, 3.05) is 28.4 Å². The molecule has 0 aliphatic carbocycles. The minimum Gasteiger partial charge on any atom is -0.497 e. The number of fused-ring (bicyclic) bond motifs is 1. The van der Waals surface area contributed by atoms with E-state index in [1.165, 1.54) is 20.3 Å². The van der Waals surface area contributed by atoms with Gasteiger partial charge in [0.05, 0.1) is 34.0 Å². The van der Waals surface area contributed by atoms with E-state index < -0.39 is 5.97 Å². The van der Waals surface area contributed by atoms with Crippen molar-refractivity contribution in [2.45, 2.75) is 0 Å². The summed E-state index contributed by atoms with van der Waals surface area (Å²) in [5.41, 5.74) is 2.57. The van der Waals surface area contributed by atoms with Gasteiger partial charge in [0.1, 0.15) is 34.2 Å². The SMILES string of the molecule is COc1ccc(C(=O)C=Cc2ccc(OC(=O)c3c(-c4ccccc4)oc4ccc(OC)cc34)c(OC)c2)c(OC)c1. The summed E-state index contributed by atoms with van der Waals surface area (Å²) in [5.74, 6) is 1.60. The lowest BCUT2D eigenvalue weighted by Gasteiger charge is -2.11. The molecule has 5 rings (SSSR count). The Kier molecular flexibility index (Phi) is 8.24. The molecule has 0 saturated heterocycles. The molecule has 8 nitrogen and oxygen atoms in total. The smallest absolute Gasteiger partial charge is 0.348 e. The first-order chi connectivity index (χ1) is 20.4. The molecule has 0 fully saturated rings. The molecular weight excluding hydrogens is 536 g/mol. The zero-order valence-corrected chi connectivity index (χ0v) is 23.5. The molecule has 5 aromatic rings. The summed E-state index contributed by atoms with van der Waals surface area (Å²) < 4.78 is 33.4. The van der Waals surface area contributed by atoms with Crippen LogP contribution in [0.3, 0.4) is 0 Å². The monoisotopic (exact) mass is 564 g/mol. The topological polar surface area (TPSA) is 93.4 Å². The Bertz CT molecular complexity index is 1780. The fourth-order valence-corrected chi connectivity index (χ4v) is 4.49. The van der Waals surface area contributed by atoms with Crippen LogP contribution in [0, 0.1) is 0 Å². The van der Waals surface area contributed by atoms with Gasteiger partial charge in [0.25, 0.3) is 0 Å². The molecule has 0 atom stereocenters. The molecule has 0 saturated carbocycles. The van der Waals surface area contributed by atoms with Gasteiger partial charge in [0.2, 0.25) is 0 Å². The van der Waals surface area contributed by atoms with Crippen molar-refractivity contribution in [1.29, 1.82) is 0 Å². The molecule has 0 amide bonds. The summed E-state index contributed by atoms with van der Waals surface area (Å²) in [6.45, 7) is 0. The highest BCUT2D eigenvalue weighted by Crippen LogP contribution is 2.37. The molecule has 0 spiro atoms. The van der Waals surface area contributed by atoms with E-state index in [1.807, 2.05) is 30.3 Å². The van der Waals surface area contributed by atoms with E-state index >= 15 is 0 Å². The third kappa shape index (κ3) is 5.69. The number of ether oxygens (including phenoxy) is 5. The third-order valence-electron chi connectivity index (χ3n) is 6.63. The molecule has 4 aromatic carbocycles. The van der Waals surface area contributed by atoms with E-state index in [0.29, 0.717) is 50.9 Å². The zero-order chi connectivity index (χ0) is 29.6. The van der Waals surface area contributed by atoms with Gasteiger partial charge in [-0.15, -0.1) is 0 Å². The van der Waals surface area contributed by atoms with Gasteiger partial charge < -0.3 is 28.1 Å². The molecule has 212 valence electrons. The van der Waals surface area contributed by atoms with Gasteiger partial charge in [-0.05, 0) is 54.1 Å². The van der Waals surface area contributed by atoms with Gasteiger partial charge in [0, 0.05) is 17.0 Å². The average Bonchev–Trinajstić information content (AvgIpc) is 3.43. The van der Waals surface area contributed by atoms with Crippen LogP contribution in [0.4, 0.5) is 0 Å². The van der Waals surface area contributed by atoms with E-state index in [1.54, 1.807) is 74.9 Å². The van der Waals surface area contributed by atoms with Crippen LogP contribution in [0.25, 0.3) is 28.4 Å². The zero-order valence-electron chi connectivity index (χ0n) is 23.5. The first-order valence-corrected chi connectivity index (χ1v) is 13.0. The normalized spacial score (nSPS) is 11.0. The molecule has 0 aliphatic rings. The summed E-state index contributed by atoms with van der Waals surface area (Å²) in [7, 11) is 6.06. The Morgan fingerprint density at radius 3 is 2.12 bits per heavy atom. The molecule has 0 radical (unpaired) electrons. The third-order valence-corrected chi connectivity index (χ3v) is 6.63. The van der Waals surface area contributed by atoms with Gasteiger partial charge >= 0.3 is 5.97 Å². The van der Waals surface area contributed by atoms with Crippen LogP contribution < -0.4 is 23.7 Å². The maximum absolute atomic E-state index is 13.7. The second kappa shape index (κ2) is 12.3. The maximum Gasteiger partial charge on any atom is 0.348 e. The summed E-state index contributed by atoms with van der Waals surface area (Å²) in [6.07, 6.45) is 3.07. The fourth-order valence-electron chi connectivity index (χ4n) is 4.49. The van der Waals surface area contributed by atoms with Crippen LogP contribution in [0.5, 0.6) is 28.7 Å². The molecule has 0 N–H and O–H groups in total. The molecule has 0 bridgehead atoms. The van der Waals surface area contributed by atoms with E-state index in [0.717, 1.165) is 5.56 Å². The van der Waals surface area contributed by atoms with Crippen molar-refractivity contribution in [3.8, 4) is 40.1 Å². The van der Waals surface area contributed by atoms with Crippen molar-refractivity contribution >= 4 is 28.8 Å². The van der Waals surface area contributed by atoms with E-state index in [4.69, 9.17) is 28.1 Å². The predicted octanol–water partition coefficient (Wildman–Crippen LogP) is 7.25. The van der Waals surface area contributed by atoms with Crippen molar-refractivity contribution < 1.29 is 37.7 Å². The van der Waals surface area contributed by atoms with Crippen LogP contribution in [0.15, 0.2) is 95.4 Å². The Morgan fingerprint density at radius 2 is 1.40 bits per heavy atom. The molecular formula is C34H28O8. The largest absolute Gasteiger partial charge is 0.497 e. The number of allylic oxidation sites excluding steroid dienone is 1. The van der Waals surface area contributed by atoms with Gasteiger partial charge in [-0.25, -0.2) is 4.79 Å². The number of methoxy groups -OCH3 is 4. The first-order valence-electron chi connectivity index (χ1n) is 13.0. The number of carbonyl (C=O) groups excluding carboxylic acids is 2. The number of esters is 1. The Labute approximate surface area is 242 Å². The standard InChI is InChI=1S/C34H28O8/c1-37-23-13-17-28-26(19-23)32(33(41-28)22-8-6-5-7-9-22)34(36)42-29-16-11-21(18-31(29)40-4)10-15-27(35)25-14-12-24(38-2)20-30(25)39-3/h5-20H,1-4H3. The number of carbonyl (C=O) groups is 2. The Balaban J connectivity index is 1.43. The highest BCUT2D eigenvalue weighted by molar-refractivity contribution is 6.10. The van der Waals surface area contributed by atoms with Crippen molar-refractivity contribution in [2.24, 2.45) is 0 Å². The van der Waals surface area contributed by atoms with Crippen LogP contribution in [-0.4, -0.2) is 40.2 Å². The number of benzene rings is 4. The summed E-state index contributed by atoms with van der Waals surface area (Å²) in [4.78, 5) is 26.5. The quantitative estimate of drug-likeness (QED) is 0.0758. The minimum absolute atomic E-state index is 0.207. The van der Waals surface area contributed by atoms with Gasteiger partial charge in [0.15, 0.2) is 17.3 Å². The van der Waals surface area contributed by atoms with Crippen LogP contribution in [-0.2, 0) is 0 Å². The number of hydrogen-bond acceptors (Lipinski definition) is 8. The number of furan rings is 1. The first kappa shape index (κ1) is 28.0. The van der Waals surface area contributed by atoms with Crippen LogP contribution in [0.1, 0.15) is 26.3 Å². The Morgan fingerprint density at radius 1 is 0.690 bits per heavy atom. The summed E-state index contributed by atoms with van der Waals surface area (Å²) in [5, 5.41) is 0.559. The molecule has 1 aromatic heterocycles. The Hall–Kier alpha value is -5.50. The van der Waals surface area contributed by atoms with Crippen molar-refractivity contribution in [1.82, 2.24) is 0 Å². The predicted molar refractivity (Wildman–Crippen MR) is 159 cm³/mol. The molecule has 0 unspecified atom stereocenters.